The molecule has 1 saturated carbocycles. The molecule has 8 nitrogen and oxygen atoms in total. The molecule has 35 heavy (non-hydrogen) atoms. The number of nitrogens with one attached hydrogen (secondary N) is 3. The van der Waals surface area contributed by atoms with E-state index in [-0.39, 0.29) is 11.8 Å². The Bertz CT molecular complexity index is 1710. The highest BCUT2D eigenvalue weighted by Gasteiger charge is 2.29. The van der Waals surface area contributed by atoms with Crippen LogP contribution in [0, 0.1) is 5.92 Å². The predicted molar refractivity (Wildman–Crippen MR) is 133 cm³/mol. The summed E-state index contributed by atoms with van der Waals surface area (Å²) < 4.78 is 5.28. The lowest BCUT2D eigenvalue weighted by Gasteiger charge is -2.07. The maximum absolute atomic E-state index is 12.2. The molecule has 0 atom stereocenters. The maximum atomic E-state index is 12.2. The summed E-state index contributed by atoms with van der Waals surface area (Å²) >= 11 is 0. The van der Waals surface area contributed by atoms with Gasteiger partial charge in [0.25, 0.3) is 0 Å². The minimum absolute atomic E-state index is 0.0683. The van der Waals surface area contributed by atoms with E-state index in [2.05, 4.69) is 42.6 Å². The zero-order valence-corrected chi connectivity index (χ0v) is 18.6. The fourth-order valence-electron chi connectivity index (χ4n) is 4.48. The number of amides is 1. The quantitative estimate of drug-likeness (QED) is 0.302. The second kappa shape index (κ2) is 7.66. The molecule has 1 fully saturated rings. The summed E-state index contributed by atoms with van der Waals surface area (Å²) in [5, 5.41) is 12.7. The van der Waals surface area contributed by atoms with Gasteiger partial charge in [0.2, 0.25) is 5.91 Å². The molecule has 5 aromatic heterocycles. The highest BCUT2D eigenvalue weighted by atomic mass is 16.3. The number of hydrogen-bond donors (Lipinski definition) is 3. The molecule has 6 aromatic rings. The van der Waals surface area contributed by atoms with Crippen LogP contribution in [0.3, 0.4) is 0 Å². The van der Waals surface area contributed by atoms with Gasteiger partial charge >= 0.3 is 0 Å². The molecule has 170 valence electrons. The first-order valence-electron chi connectivity index (χ1n) is 11.5. The van der Waals surface area contributed by atoms with E-state index < -0.39 is 0 Å². The van der Waals surface area contributed by atoms with Crippen molar-refractivity contribution < 1.29 is 9.21 Å². The fourth-order valence-corrected chi connectivity index (χ4v) is 4.48. The van der Waals surface area contributed by atoms with Gasteiger partial charge in [-0.05, 0) is 60.4 Å². The third-order valence-corrected chi connectivity index (χ3v) is 6.47. The molecule has 8 heteroatoms. The van der Waals surface area contributed by atoms with Crippen LogP contribution in [0.15, 0.2) is 78.0 Å². The number of benzene rings is 1. The Balaban J connectivity index is 1.29. The molecule has 1 aromatic carbocycles. The third-order valence-electron chi connectivity index (χ3n) is 6.47. The molecule has 0 saturated heterocycles. The van der Waals surface area contributed by atoms with Crippen molar-refractivity contribution in [2.75, 3.05) is 5.32 Å². The van der Waals surface area contributed by atoms with E-state index in [1.165, 1.54) is 0 Å². The van der Waals surface area contributed by atoms with Crippen LogP contribution in [0.4, 0.5) is 5.69 Å². The smallest absolute Gasteiger partial charge is 0.227 e. The van der Waals surface area contributed by atoms with Crippen molar-refractivity contribution in [1.82, 2.24) is 25.1 Å². The molecule has 0 aliphatic heterocycles. The molecular formula is C27H20N6O2. The van der Waals surface area contributed by atoms with Gasteiger partial charge in [-0.25, -0.2) is 4.98 Å². The number of fused-ring (bicyclic) bond motifs is 2. The molecule has 1 aliphatic rings. The van der Waals surface area contributed by atoms with Gasteiger partial charge in [-0.2, -0.15) is 5.10 Å². The first kappa shape index (κ1) is 19.7. The molecule has 0 radical (unpaired) electrons. The molecule has 0 unspecified atom stereocenters. The van der Waals surface area contributed by atoms with Crippen LogP contribution in [0.25, 0.3) is 55.6 Å². The molecular weight excluding hydrogens is 440 g/mol. The fraction of sp³-hybridized carbons (Fsp3) is 0.111. The zero-order valence-electron chi connectivity index (χ0n) is 18.6. The monoisotopic (exact) mass is 460 g/mol. The summed E-state index contributed by atoms with van der Waals surface area (Å²) in [5.74, 6) is 0.210. The van der Waals surface area contributed by atoms with Crippen LogP contribution in [0.1, 0.15) is 12.8 Å². The van der Waals surface area contributed by atoms with Crippen molar-refractivity contribution in [1.29, 1.82) is 0 Å². The summed E-state index contributed by atoms with van der Waals surface area (Å²) in [5.41, 5.74) is 8.06. The van der Waals surface area contributed by atoms with Crippen LogP contribution >= 0.6 is 0 Å². The number of pyridine rings is 2. The number of furan rings is 1. The largest absolute Gasteiger partial charge is 0.472 e. The Kier molecular flexibility index (Phi) is 4.32. The van der Waals surface area contributed by atoms with Crippen LogP contribution < -0.4 is 5.32 Å². The number of aromatic amines is 2. The summed E-state index contributed by atoms with van der Waals surface area (Å²) in [7, 11) is 0. The second-order valence-corrected chi connectivity index (χ2v) is 8.87. The van der Waals surface area contributed by atoms with Gasteiger partial charge in [0.05, 0.1) is 35.6 Å². The van der Waals surface area contributed by atoms with E-state index in [9.17, 15) is 4.79 Å². The Morgan fingerprint density at radius 1 is 1.00 bits per heavy atom. The Hall–Kier alpha value is -4.72. The Morgan fingerprint density at radius 2 is 1.94 bits per heavy atom. The maximum Gasteiger partial charge on any atom is 0.227 e. The summed E-state index contributed by atoms with van der Waals surface area (Å²) in [6, 6.07) is 14.1. The molecule has 5 heterocycles. The highest BCUT2D eigenvalue weighted by molar-refractivity contribution is 6.01. The lowest BCUT2D eigenvalue weighted by Crippen LogP contribution is -2.13. The van der Waals surface area contributed by atoms with Crippen molar-refractivity contribution in [2.24, 2.45) is 5.92 Å². The van der Waals surface area contributed by atoms with Crippen molar-refractivity contribution >= 4 is 33.5 Å². The molecule has 0 spiro atoms. The van der Waals surface area contributed by atoms with E-state index in [0.717, 1.165) is 68.4 Å². The van der Waals surface area contributed by atoms with E-state index in [1.54, 1.807) is 31.1 Å². The number of hydrogen-bond acceptors (Lipinski definition) is 5. The normalized spacial score (nSPS) is 13.5. The number of carbonyl (C=O) groups excluding carboxylic acids is 1. The summed E-state index contributed by atoms with van der Waals surface area (Å²) in [6.07, 6.45) is 10.6. The number of H-pyrrole nitrogens is 2. The summed E-state index contributed by atoms with van der Waals surface area (Å²) in [4.78, 5) is 24.4. The average molecular weight is 460 g/mol. The van der Waals surface area contributed by atoms with Gasteiger partial charge in [0, 0.05) is 40.2 Å². The number of nitrogens with zero attached hydrogens (tertiary/aromatic N) is 3. The summed E-state index contributed by atoms with van der Waals surface area (Å²) in [6.45, 7) is 0. The second-order valence-electron chi connectivity index (χ2n) is 8.87. The first-order valence-corrected chi connectivity index (χ1v) is 11.5. The van der Waals surface area contributed by atoms with Gasteiger partial charge in [0.1, 0.15) is 11.3 Å². The average Bonchev–Trinajstić information content (AvgIpc) is 3.26. The standard InChI is InChI=1S/C27H20N6O2/c34-27(15-1-2-15)30-19-9-18(12-28-13-19)16-3-4-23-22(10-16)25(33-32-23)24-11-21-20(17-6-8-35-14-17)5-7-29-26(21)31-24/h3-15H,1-2H2,(H,29,31)(H,30,34)(H,32,33). The topological polar surface area (TPSA) is 112 Å². The van der Waals surface area contributed by atoms with E-state index in [0.29, 0.717) is 5.69 Å². The van der Waals surface area contributed by atoms with Gasteiger partial charge < -0.3 is 14.7 Å². The number of aromatic nitrogens is 5. The lowest BCUT2D eigenvalue weighted by molar-refractivity contribution is -0.117. The van der Waals surface area contributed by atoms with Gasteiger partial charge in [-0.15, -0.1) is 0 Å². The van der Waals surface area contributed by atoms with E-state index in [4.69, 9.17) is 4.42 Å². The molecule has 1 aliphatic carbocycles. The highest BCUT2D eigenvalue weighted by Crippen LogP contribution is 2.35. The molecule has 0 bridgehead atoms. The number of rotatable bonds is 5. The third kappa shape index (κ3) is 3.47. The predicted octanol–water partition coefficient (Wildman–Crippen LogP) is 5.78. The van der Waals surface area contributed by atoms with Crippen LogP contribution in [-0.4, -0.2) is 31.1 Å². The van der Waals surface area contributed by atoms with Crippen molar-refractivity contribution in [3.63, 3.8) is 0 Å². The molecule has 1 amide bonds. The lowest BCUT2D eigenvalue weighted by atomic mass is 10.0. The molecule has 3 N–H and O–H groups in total. The van der Waals surface area contributed by atoms with Crippen molar-refractivity contribution in [2.45, 2.75) is 12.8 Å². The SMILES string of the molecule is O=C(Nc1cncc(-c2ccc3[nH]nc(-c4cc5c(-c6ccoc6)ccnc5[nH]4)c3c2)c1)C1CC1. The van der Waals surface area contributed by atoms with Crippen molar-refractivity contribution in [3.8, 4) is 33.6 Å². The number of anilines is 1. The zero-order chi connectivity index (χ0) is 23.4. The van der Waals surface area contributed by atoms with Crippen LogP contribution in [0.2, 0.25) is 0 Å². The van der Waals surface area contributed by atoms with Crippen LogP contribution in [-0.2, 0) is 4.79 Å². The van der Waals surface area contributed by atoms with Gasteiger partial charge in [0.15, 0.2) is 0 Å². The Labute approximate surface area is 199 Å². The first-order chi connectivity index (χ1) is 17.2. The van der Waals surface area contributed by atoms with Crippen molar-refractivity contribution in [3.05, 3.63) is 73.6 Å². The van der Waals surface area contributed by atoms with E-state index in [1.807, 2.05) is 30.3 Å². The number of carbonyl (C=O) groups is 1. The van der Waals surface area contributed by atoms with Gasteiger partial charge in [-0.3, -0.25) is 14.9 Å². The van der Waals surface area contributed by atoms with Gasteiger partial charge in [-0.1, -0.05) is 6.07 Å². The minimum atomic E-state index is 0.0683. The Morgan fingerprint density at radius 3 is 2.80 bits per heavy atom. The molecule has 7 rings (SSSR count). The van der Waals surface area contributed by atoms with E-state index >= 15 is 0 Å². The van der Waals surface area contributed by atoms with Crippen LogP contribution in [0.5, 0.6) is 0 Å². The minimum Gasteiger partial charge on any atom is -0.472 e.